The molecule has 0 aromatic heterocycles. The Morgan fingerprint density at radius 3 is 2.57 bits per heavy atom. The molecule has 0 aliphatic rings. The zero-order valence-corrected chi connectivity index (χ0v) is 10.9. The number of nitrogens with zero attached hydrogens (tertiary/aromatic N) is 1. The van der Waals surface area contributed by atoms with Crippen molar-refractivity contribution in [3.63, 3.8) is 0 Å². The highest BCUT2D eigenvalue weighted by Gasteiger charge is 2.33. The number of nitriles is 1. The molecule has 21 heavy (non-hydrogen) atoms. The number of esters is 1. The number of carbonyl (C=O) groups excluding carboxylic acids is 2. The van der Waals surface area contributed by atoms with Crippen LogP contribution in [0.25, 0.3) is 0 Å². The molecule has 8 heteroatoms. The SMILES string of the molecule is CCOC(=O)Cc1cc(C#N)cc(OC(F)(F)F)c1C=O. The summed E-state index contributed by atoms with van der Waals surface area (Å²) < 4.78 is 45.3. The van der Waals surface area contributed by atoms with Crippen LogP contribution in [0.5, 0.6) is 5.75 Å². The van der Waals surface area contributed by atoms with Crippen molar-refractivity contribution < 1.29 is 32.2 Å². The van der Waals surface area contributed by atoms with Crippen LogP contribution in [0.15, 0.2) is 12.1 Å². The summed E-state index contributed by atoms with van der Waals surface area (Å²) in [4.78, 5) is 22.4. The van der Waals surface area contributed by atoms with Crippen LogP contribution >= 0.6 is 0 Å². The van der Waals surface area contributed by atoms with Crippen LogP contribution < -0.4 is 4.74 Å². The largest absolute Gasteiger partial charge is 0.573 e. The molecular weight excluding hydrogens is 291 g/mol. The van der Waals surface area contributed by atoms with E-state index in [1.165, 1.54) is 0 Å². The molecular formula is C13H10F3NO4. The number of rotatable bonds is 5. The first kappa shape index (κ1) is 16.5. The molecule has 0 spiro atoms. The van der Waals surface area contributed by atoms with Gasteiger partial charge in [0.1, 0.15) is 5.75 Å². The Hall–Kier alpha value is -2.56. The third kappa shape index (κ3) is 4.80. The number of hydrogen-bond donors (Lipinski definition) is 0. The Kier molecular flexibility index (Phi) is 5.30. The maximum atomic E-state index is 12.3. The zero-order valence-electron chi connectivity index (χ0n) is 10.9. The molecule has 112 valence electrons. The Bertz CT molecular complexity index is 590. The van der Waals surface area contributed by atoms with Gasteiger partial charge in [-0.15, -0.1) is 13.2 Å². The van der Waals surface area contributed by atoms with Crippen LogP contribution in [0.4, 0.5) is 13.2 Å². The predicted octanol–water partition coefficient (Wildman–Crippen LogP) is 2.37. The molecule has 0 atom stereocenters. The van der Waals surface area contributed by atoms with Crippen molar-refractivity contribution in [2.24, 2.45) is 0 Å². The highest BCUT2D eigenvalue weighted by atomic mass is 19.4. The van der Waals surface area contributed by atoms with Crippen molar-refractivity contribution in [2.75, 3.05) is 6.61 Å². The van der Waals surface area contributed by atoms with E-state index in [0.717, 1.165) is 12.1 Å². The van der Waals surface area contributed by atoms with Gasteiger partial charge in [0.25, 0.3) is 0 Å². The first-order valence-electron chi connectivity index (χ1n) is 5.74. The summed E-state index contributed by atoms with van der Waals surface area (Å²) in [5.74, 6) is -1.55. The second-order valence-corrected chi connectivity index (χ2v) is 3.81. The van der Waals surface area contributed by atoms with Gasteiger partial charge in [-0.3, -0.25) is 9.59 Å². The van der Waals surface area contributed by atoms with Gasteiger partial charge in [0.15, 0.2) is 6.29 Å². The van der Waals surface area contributed by atoms with Crippen LogP contribution in [0.3, 0.4) is 0 Å². The van der Waals surface area contributed by atoms with E-state index in [0.29, 0.717) is 0 Å². The predicted molar refractivity (Wildman–Crippen MR) is 63.6 cm³/mol. The summed E-state index contributed by atoms with van der Waals surface area (Å²) in [6.45, 7) is 1.64. The quantitative estimate of drug-likeness (QED) is 0.616. The number of halogens is 3. The number of alkyl halides is 3. The third-order valence-corrected chi connectivity index (χ3v) is 2.34. The fourth-order valence-corrected chi connectivity index (χ4v) is 1.61. The van der Waals surface area contributed by atoms with E-state index < -0.39 is 30.1 Å². The second-order valence-electron chi connectivity index (χ2n) is 3.81. The minimum absolute atomic E-state index is 0.0678. The molecule has 0 saturated carbocycles. The van der Waals surface area contributed by atoms with Crippen molar-refractivity contribution >= 4 is 12.3 Å². The Balaban J connectivity index is 3.28. The first-order chi connectivity index (χ1) is 9.80. The lowest BCUT2D eigenvalue weighted by atomic mass is 10.0. The zero-order chi connectivity index (χ0) is 16.0. The fraction of sp³-hybridized carbons (Fsp3) is 0.308. The molecule has 0 aliphatic heterocycles. The summed E-state index contributed by atoms with van der Waals surface area (Å²) in [7, 11) is 0. The molecule has 0 aliphatic carbocycles. The van der Waals surface area contributed by atoms with Gasteiger partial charge < -0.3 is 9.47 Å². The monoisotopic (exact) mass is 301 g/mol. The van der Waals surface area contributed by atoms with E-state index in [2.05, 4.69) is 9.47 Å². The molecule has 0 radical (unpaired) electrons. The molecule has 0 bridgehead atoms. The minimum Gasteiger partial charge on any atom is -0.466 e. The van der Waals surface area contributed by atoms with E-state index in [-0.39, 0.29) is 24.0 Å². The average Bonchev–Trinajstić information content (AvgIpc) is 2.36. The van der Waals surface area contributed by atoms with E-state index in [4.69, 9.17) is 5.26 Å². The summed E-state index contributed by atoms with van der Waals surface area (Å²) in [6.07, 6.45) is -5.32. The van der Waals surface area contributed by atoms with Gasteiger partial charge in [0, 0.05) is 0 Å². The van der Waals surface area contributed by atoms with E-state index >= 15 is 0 Å². The van der Waals surface area contributed by atoms with E-state index in [9.17, 15) is 22.8 Å². The molecule has 0 amide bonds. The van der Waals surface area contributed by atoms with Crippen molar-refractivity contribution in [3.8, 4) is 11.8 Å². The van der Waals surface area contributed by atoms with Crippen molar-refractivity contribution in [2.45, 2.75) is 19.7 Å². The second kappa shape index (κ2) is 6.74. The van der Waals surface area contributed by atoms with Crippen LogP contribution in [-0.4, -0.2) is 25.2 Å². The van der Waals surface area contributed by atoms with Crippen LogP contribution in [0.1, 0.15) is 28.4 Å². The van der Waals surface area contributed by atoms with Crippen LogP contribution in [-0.2, 0) is 16.0 Å². The van der Waals surface area contributed by atoms with Gasteiger partial charge >= 0.3 is 12.3 Å². The topological polar surface area (TPSA) is 76.4 Å². The van der Waals surface area contributed by atoms with Crippen LogP contribution in [0.2, 0.25) is 0 Å². The van der Waals surface area contributed by atoms with Crippen molar-refractivity contribution in [3.05, 3.63) is 28.8 Å². The summed E-state index contributed by atoms with van der Waals surface area (Å²) in [5, 5.41) is 8.79. The van der Waals surface area contributed by atoms with Crippen molar-refractivity contribution in [1.29, 1.82) is 5.26 Å². The highest BCUT2D eigenvalue weighted by Crippen LogP contribution is 2.29. The maximum Gasteiger partial charge on any atom is 0.573 e. The summed E-state index contributed by atoms with van der Waals surface area (Å²) >= 11 is 0. The molecule has 1 aromatic carbocycles. The third-order valence-electron chi connectivity index (χ3n) is 2.34. The maximum absolute atomic E-state index is 12.3. The number of aldehydes is 1. The molecule has 0 N–H and O–H groups in total. The van der Waals surface area contributed by atoms with Gasteiger partial charge in [0.05, 0.1) is 30.2 Å². The average molecular weight is 301 g/mol. The summed E-state index contributed by atoms with van der Waals surface area (Å²) in [6, 6.07) is 3.56. The number of ether oxygens (including phenoxy) is 2. The highest BCUT2D eigenvalue weighted by molar-refractivity contribution is 5.85. The smallest absolute Gasteiger partial charge is 0.466 e. The van der Waals surface area contributed by atoms with Gasteiger partial charge in [-0.05, 0) is 24.6 Å². The lowest BCUT2D eigenvalue weighted by Crippen LogP contribution is -2.19. The summed E-state index contributed by atoms with van der Waals surface area (Å²) in [5.41, 5.74) is -0.680. The van der Waals surface area contributed by atoms with E-state index in [1.54, 1.807) is 13.0 Å². The number of benzene rings is 1. The fourth-order valence-electron chi connectivity index (χ4n) is 1.61. The molecule has 1 rings (SSSR count). The molecule has 5 nitrogen and oxygen atoms in total. The van der Waals surface area contributed by atoms with Gasteiger partial charge in [-0.25, -0.2) is 0 Å². The lowest BCUT2D eigenvalue weighted by molar-refractivity contribution is -0.274. The van der Waals surface area contributed by atoms with E-state index in [1.807, 2.05) is 0 Å². The van der Waals surface area contributed by atoms with Gasteiger partial charge in [-0.1, -0.05) is 0 Å². The number of hydrogen-bond acceptors (Lipinski definition) is 5. The van der Waals surface area contributed by atoms with Crippen molar-refractivity contribution in [1.82, 2.24) is 0 Å². The first-order valence-corrected chi connectivity index (χ1v) is 5.74. The Morgan fingerprint density at radius 2 is 2.10 bits per heavy atom. The molecule has 1 aromatic rings. The standard InChI is InChI=1S/C13H10F3NO4/c1-2-20-12(19)5-9-3-8(6-17)4-11(10(9)7-18)21-13(14,15)16/h3-4,7H,2,5H2,1H3. The van der Waals surface area contributed by atoms with Gasteiger partial charge in [0.2, 0.25) is 0 Å². The van der Waals surface area contributed by atoms with Gasteiger partial charge in [-0.2, -0.15) is 5.26 Å². The minimum atomic E-state index is -5.02. The molecule has 0 unspecified atom stereocenters. The molecule has 0 heterocycles. The lowest BCUT2D eigenvalue weighted by Gasteiger charge is -2.14. The number of carbonyl (C=O) groups is 2. The molecule has 0 fully saturated rings. The molecule has 0 saturated heterocycles. The Labute approximate surface area is 117 Å². The Morgan fingerprint density at radius 1 is 1.43 bits per heavy atom. The normalized spacial score (nSPS) is 10.6. The van der Waals surface area contributed by atoms with Crippen LogP contribution in [0, 0.1) is 11.3 Å².